The maximum absolute atomic E-state index is 6.05. The maximum Gasteiger partial charge on any atom is 0.0632 e. The molecule has 0 amide bonds. The Balaban J connectivity index is 2.32. The first kappa shape index (κ1) is 12.2. The minimum atomic E-state index is 0.605. The van der Waals surface area contributed by atoms with Crippen molar-refractivity contribution in [1.29, 1.82) is 0 Å². The Hall–Kier alpha value is -1.31. The normalized spacial score (nSPS) is 11.0. The lowest BCUT2D eigenvalue weighted by atomic mass is 10.2. The van der Waals surface area contributed by atoms with Gasteiger partial charge in [0.05, 0.1) is 15.7 Å². The third kappa shape index (κ3) is 3.09. The van der Waals surface area contributed by atoms with Gasteiger partial charge in [0.1, 0.15) is 0 Å². The lowest BCUT2D eigenvalue weighted by molar-refractivity contribution is 1.43. The van der Waals surface area contributed by atoms with Crippen LogP contribution in [0.15, 0.2) is 47.5 Å². The Morgan fingerprint density at radius 1 is 1.00 bits per heavy atom. The average Bonchev–Trinajstić information content (AvgIpc) is 2.28. The van der Waals surface area contributed by atoms with Crippen LogP contribution in [0.3, 0.4) is 0 Å². The summed E-state index contributed by atoms with van der Waals surface area (Å²) in [7, 11) is 0. The second-order valence-electron chi connectivity index (χ2n) is 3.73. The van der Waals surface area contributed by atoms with Crippen molar-refractivity contribution in [3.63, 3.8) is 0 Å². The van der Waals surface area contributed by atoms with E-state index in [9.17, 15) is 0 Å². The number of benzene rings is 2. The lowest BCUT2D eigenvalue weighted by Gasteiger charge is -2.00. The van der Waals surface area contributed by atoms with E-state index >= 15 is 0 Å². The van der Waals surface area contributed by atoms with E-state index in [0.717, 1.165) is 11.3 Å². The Bertz CT molecular complexity index is 542. The van der Waals surface area contributed by atoms with Gasteiger partial charge in [-0.2, -0.15) is 0 Å². The minimum Gasteiger partial charge on any atom is -0.256 e. The SMILES string of the molecule is Cc1cccc(N=Cc2c(Cl)cccc2Cl)c1. The van der Waals surface area contributed by atoms with E-state index in [1.807, 2.05) is 37.3 Å². The molecule has 0 heterocycles. The van der Waals surface area contributed by atoms with Crippen molar-refractivity contribution < 1.29 is 0 Å². The molecule has 2 rings (SSSR count). The number of hydrogen-bond acceptors (Lipinski definition) is 1. The number of halogens is 2. The van der Waals surface area contributed by atoms with Gasteiger partial charge in [-0.15, -0.1) is 0 Å². The summed E-state index contributed by atoms with van der Waals surface area (Å²) >= 11 is 12.1. The molecule has 17 heavy (non-hydrogen) atoms. The van der Waals surface area contributed by atoms with Gasteiger partial charge in [-0.25, -0.2) is 0 Å². The first-order chi connectivity index (χ1) is 8.16. The highest BCUT2D eigenvalue weighted by molar-refractivity contribution is 6.38. The van der Waals surface area contributed by atoms with Crippen molar-refractivity contribution >= 4 is 35.1 Å². The van der Waals surface area contributed by atoms with Crippen LogP contribution in [-0.4, -0.2) is 6.21 Å². The summed E-state index contributed by atoms with van der Waals surface area (Å²) in [4.78, 5) is 4.37. The smallest absolute Gasteiger partial charge is 0.0632 e. The highest BCUT2D eigenvalue weighted by Crippen LogP contribution is 2.23. The van der Waals surface area contributed by atoms with Crippen molar-refractivity contribution in [1.82, 2.24) is 0 Å². The standard InChI is InChI=1S/C14H11Cl2N/c1-10-4-2-5-11(8-10)17-9-12-13(15)6-3-7-14(12)16/h2-9H,1H3. The van der Waals surface area contributed by atoms with Gasteiger partial charge in [-0.1, -0.05) is 41.4 Å². The second-order valence-corrected chi connectivity index (χ2v) is 4.55. The van der Waals surface area contributed by atoms with Crippen LogP contribution >= 0.6 is 23.2 Å². The van der Waals surface area contributed by atoms with Crippen LogP contribution in [0.2, 0.25) is 10.0 Å². The van der Waals surface area contributed by atoms with E-state index in [1.165, 1.54) is 5.56 Å². The van der Waals surface area contributed by atoms with Crippen LogP contribution in [0.5, 0.6) is 0 Å². The third-order valence-electron chi connectivity index (χ3n) is 2.34. The fraction of sp³-hybridized carbons (Fsp3) is 0.0714. The van der Waals surface area contributed by atoms with E-state index in [0.29, 0.717) is 10.0 Å². The molecule has 0 spiro atoms. The van der Waals surface area contributed by atoms with E-state index < -0.39 is 0 Å². The summed E-state index contributed by atoms with van der Waals surface area (Å²) < 4.78 is 0. The zero-order valence-corrected chi connectivity index (χ0v) is 10.8. The molecule has 0 saturated heterocycles. The molecule has 0 bridgehead atoms. The van der Waals surface area contributed by atoms with Gasteiger partial charge in [0, 0.05) is 11.8 Å². The van der Waals surface area contributed by atoms with Gasteiger partial charge in [-0.3, -0.25) is 4.99 Å². The van der Waals surface area contributed by atoms with Gasteiger partial charge >= 0.3 is 0 Å². The maximum atomic E-state index is 6.05. The molecule has 0 atom stereocenters. The lowest BCUT2D eigenvalue weighted by Crippen LogP contribution is -1.84. The van der Waals surface area contributed by atoms with Crippen molar-refractivity contribution in [3.8, 4) is 0 Å². The Morgan fingerprint density at radius 2 is 1.65 bits per heavy atom. The van der Waals surface area contributed by atoms with Crippen LogP contribution in [0.4, 0.5) is 5.69 Å². The van der Waals surface area contributed by atoms with Crippen molar-refractivity contribution in [2.75, 3.05) is 0 Å². The molecular formula is C14H11Cl2N. The van der Waals surface area contributed by atoms with E-state index in [4.69, 9.17) is 23.2 Å². The molecule has 0 aromatic heterocycles. The molecule has 0 aliphatic rings. The summed E-state index contributed by atoms with van der Waals surface area (Å²) in [6, 6.07) is 13.3. The van der Waals surface area contributed by atoms with Crippen LogP contribution in [0.25, 0.3) is 0 Å². The molecule has 86 valence electrons. The van der Waals surface area contributed by atoms with E-state index in [1.54, 1.807) is 18.3 Å². The Morgan fingerprint density at radius 3 is 2.29 bits per heavy atom. The number of hydrogen-bond donors (Lipinski definition) is 0. The molecule has 3 heteroatoms. The number of aryl methyl sites for hydroxylation is 1. The predicted molar refractivity (Wildman–Crippen MR) is 74.9 cm³/mol. The molecule has 0 fully saturated rings. The zero-order valence-electron chi connectivity index (χ0n) is 9.32. The van der Waals surface area contributed by atoms with E-state index in [2.05, 4.69) is 4.99 Å². The van der Waals surface area contributed by atoms with Crippen molar-refractivity contribution in [2.45, 2.75) is 6.92 Å². The Kier molecular flexibility index (Phi) is 3.82. The summed E-state index contributed by atoms with van der Waals surface area (Å²) in [5.74, 6) is 0. The molecule has 0 aliphatic carbocycles. The van der Waals surface area contributed by atoms with E-state index in [-0.39, 0.29) is 0 Å². The first-order valence-electron chi connectivity index (χ1n) is 5.21. The average molecular weight is 264 g/mol. The summed E-state index contributed by atoms with van der Waals surface area (Å²) in [5.41, 5.74) is 2.81. The van der Waals surface area contributed by atoms with Crippen LogP contribution in [-0.2, 0) is 0 Å². The number of aliphatic imine (C=N–C) groups is 1. The monoisotopic (exact) mass is 263 g/mol. The predicted octanol–water partition coefficient (Wildman–Crippen LogP) is 5.05. The molecule has 2 aromatic rings. The third-order valence-corrected chi connectivity index (χ3v) is 3.00. The van der Waals surface area contributed by atoms with Crippen molar-refractivity contribution in [2.24, 2.45) is 4.99 Å². The molecule has 0 saturated carbocycles. The van der Waals surface area contributed by atoms with Gasteiger partial charge in [0.2, 0.25) is 0 Å². The molecular weight excluding hydrogens is 253 g/mol. The van der Waals surface area contributed by atoms with Crippen LogP contribution in [0, 0.1) is 6.92 Å². The molecule has 0 unspecified atom stereocenters. The second kappa shape index (κ2) is 5.35. The number of nitrogens with zero attached hydrogens (tertiary/aromatic N) is 1. The molecule has 2 aromatic carbocycles. The molecule has 0 N–H and O–H groups in total. The summed E-state index contributed by atoms with van der Waals surface area (Å²) in [6.45, 7) is 2.03. The van der Waals surface area contributed by atoms with Gasteiger partial charge in [-0.05, 0) is 36.8 Å². The molecule has 0 radical (unpaired) electrons. The van der Waals surface area contributed by atoms with Gasteiger partial charge in [0.15, 0.2) is 0 Å². The highest BCUT2D eigenvalue weighted by Gasteiger charge is 2.01. The Labute approximate surface area is 111 Å². The summed E-state index contributed by atoms with van der Waals surface area (Å²) in [6.07, 6.45) is 1.69. The largest absolute Gasteiger partial charge is 0.256 e. The van der Waals surface area contributed by atoms with Crippen LogP contribution < -0.4 is 0 Å². The van der Waals surface area contributed by atoms with Gasteiger partial charge < -0.3 is 0 Å². The van der Waals surface area contributed by atoms with Crippen molar-refractivity contribution in [3.05, 3.63) is 63.6 Å². The molecule has 0 aliphatic heterocycles. The first-order valence-corrected chi connectivity index (χ1v) is 5.97. The number of rotatable bonds is 2. The minimum absolute atomic E-state index is 0.605. The van der Waals surface area contributed by atoms with Crippen LogP contribution in [0.1, 0.15) is 11.1 Å². The topological polar surface area (TPSA) is 12.4 Å². The van der Waals surface area contributed by atoms with Gasteiger partial charge in [0.25, 0.3) is 0 Å². The quantitative estimate of drug-likeness (QED) is 0.673. The zero-order chi connectivity index (χ0) is 12.3. The molecule has 1 nitrogen and oxygen atoms in total. The fourth-order valence-electron chi connectivity index (χ4n) is 1.48. The highest BCUT2D eigenvalue weighted by atomic mass is 35.5. The summed E-state index contributed by atoms with van der Waals surface area (Å²) in [5, 5.41) is 1.21. The fourth-order valence-corrected chi connectivity index (χ4v) is 1.98.